The number of hydrazine groups is 1. The van der Waals surface area contributed by atoms with Crippen LogP contribution in [0, 0.1) is 13.8 Å². The molecule has 0 fully saturated rings. The molecule has 4 heteroatoms. The van der Waals surface area contributed by atoms with Gasteiger partial charge < -0.3 is 5.43 Å². The van der Waals surface area contributed by atoms with E-state index in [1.807, 2.05) is 24.3 Å². The summed E-state index contributed by atoms with van der Waals surface area (Å²) in [6, 6.07) is 14.0. The summed E-state index contributed by atoms with van der Waals surface area (Å²) >= 11 is 5.95. The third-order valence-corrected chi connectivity index (χ3v) is 4.06. The van der Waals surface area contributed by atoms with Crippen LogP contribution >= 0.6 is 11.6 Å². The minimum absolute atomic E-state index is 0.665. The van der Waals surface area contributed by atoms with Crippen LogP contribution in [0.3, 0.4) is 0 Å². The lowest BCUT2D eigenvalue weighted by Gasteiger charge is -2.12. The zero-order valence-electron chi connectivity index (χ0n) is 11.9. The van der Waals surface area contributed by atoms with Gasteiger partial charge in [0.05, 0.1) is 5.52 Å². The Labute approximate surface area is 128 Å². The number of nitrogens with two attached hydrogens (primary N) is 1. The fourth-order valence-electron chi connectivity index (χ4n) is 2.44. The highest BCUT2D eigenvalue weighted by atomic mass is 35.5. The van der Waals surface area contributed by atoms with Crippen LogP contribution in [0.2, 0.25) is 5.02 Å². The van der Waals surface area contributed by atoms with Crippen molar-refractivity contribution >= 4 is 28.3 Å². The van der Waals surface area contributed by atoms with Gasteiger partial charge in [-0.1, -0.05) is 35.9 Å². The summed E-state index contributed by atoms with van der Waals surface area (Å²) in [5.41, 5.74) is 8.06. The lowest BCUT2D eigenvalue weighted by Crippen LogP contribution is -2.10. The van der Waals surface area contributed by atoms with Gasteiger partial charge in [0.25, 0.3) is 0 Å². The third kappa shape index (κ3) is 2.46. The summed E-state index contributed by atoms with van der Waals surface area (Å²) in [5.74, 6) is 6.32. The number of anilines is 1. The number of rotatable bonds is 2. The molecule has 0 aliphatic carbocycles. The smallest absolute Gasteiger partial charge is 0.148 e. The van der Waals surface area contributed by atoms with Gasteiger partial charge in [0.15, 0.2) is 0 Å². The SMILES string of the molecule is Cc1ccc2cc(-c3ccc(Cl)cc3)c(NN)nc2c1C. The first-order chi connectivity index (χ1) is 10.1. The average molecular weight is 298 g/mol. The van der Waals surface area contributed by atoms with E-state index in [0.29, 0.717) is 10.8 Å². The van der Waals surface area contributed by atoms with Gasteiger partial charge in [0, 0.05) is 16.0 Å². The minimum Gasteiger partial charge on any atom is -0.308 e. The Hall–Kier alpha value is -2.10. The molecular formula is C17H16ClN3. The highest BCUT2D eigenvalue weighted by Crippen LogP contribution is 2.32. The van der Waals surface area contributed by atoms with Crippen LogP contribution < -0.4 is 11.3 Å². The number of halogens is 1. The summed E-state index contributed by atoms with van der Waals surface area (Å²) < 4.78 is 0. The van der Waals surface area contributed by atoms with Gasteiger partial charge in [-0.25, -0.2) is 10.8 Å². The first-order valence-electron chi connectivity index (χ1n) is 6.73. The molecule has 0 spiro atoms. The van der Waals surface area contributed by atoms with Crippen molar-refractivity contribution in [2.75, 3.05) is 5.43 Å². The number of aromatic nitrogens is 1. The van der Waals surface area contributed by atoms with E-state index < -0.39 is 0 Å². The number of benzene rings is 2. The second kappa shape index (κ2) is 5.35. The molecule has 1 aromatic heterocycles. The van der Waals surface area contributed by atoms with Crippen molar-refractivity contribution in [2.24, 2.45) is 5.84 Å². The number of nitrogens with one attached hydrogen (secondary N) is 1. The number of pyridine rings is 1. The van der Waals surface area contributed by atoms with Crippen LogP contribution in [-0.2, 0) is 0 Å². The Kier molecular flexibility index (Phi) is 3.53. The Morgan fingerprint density at radius 3 is 2.43 bits per heavy atom. The third-order valence-electron chi connectivity index (χ3n) is 3.80. The van der Waals surface area contributed by atoms with Crippen LogP contribution in [0.1, 0.15) is 11.1 Å². The lowest BCUT2D eigenvalue weighted by atomic mass is 10.0. The van der Waals surface area contributed by atoms with Gasteiger partial charge in [-0.3, -0.25) is 0 Å². The van der Waals surface area contributed by atoms with Crippen molar-refractivity contribution in [3.63, 3.8) is 0 Å². The van der Waals surface area contributed by atoms with Gasteiger partial charge in [0.1, 0.15) is 5.82 Å². The first kappa shape index (κ1) is 13.9. The quantitative estimate of drug-likeness (QED) is 0.542. The van der Waals surface area contributed by atoms with Gasteiger partial charge in [-0.05, 0) is 48.7 Å². The summed E-state index contributed by atoms with van der Waals surface area (Å²) in [7, 11) is 0. The Morgan fingerprint density at radius 2 is 1.76 bits per heavy atom. The molecule has 0 saturated carbocycles. The molecule has 1 heterocycles. The van der Waals surface area contributed by atoms with Crippen molar-refractivity contribution < 1.29 is 0 Å². The first-order valence-corrected chi connectivity index (χ1v) is 7.11. The number of hydrogen-bond donors (Lipinski definition) is 2. The van der Waals surface area contributed by atoms with Gasteiger partial charge >= 0.3 is 0 Å². The fourth-order valence-corrected chi connectivity index (χ4v) is 2.57. The highest BCUT2D eigenvalue weighted by molar-refractivity contribution is 6.30. The van der Waals surface area contributed by atoms with E-state index in [1.165, 1.54) is 11.1 Å². The molecule has 0 bridgehead atoms. The molecule has 0 amide bonds. The van der Waals surface area contributed by atoms with Gasteiger partial charge in [0.2, 0.25) is 0 Å². The van der Waals surface area contributed by atoms with Gasteiger partial charge in [-0.15, -0.1) is 0 Å². The van der Waals surface area contributed by atoms with Crippen LogP contribution in [0.5, 0.6) is 0 Å². The summed E-state index contributed by atoms with van der Waals surface area (Å²) in [6.07, 6.45) is 0. The van der Waals surface area contributed by atoms with E-state index in [2.05, 4.69) is 42.5 Å². The molecule has 0 atom stereocenters. The highest BCUT2D eigenvalue weighted by Gasteiger charge is 2.10. The molecule has 2 aromatic carbocycles. The van der Waals surface area contributed by atoms with Crippen LogP contribution in [-0.4, -0.2) is 4.98 Å². The normalized spacial score (nSPS) is 10.9. The van der Waals surface area contributed by atoms with Crippen LogP contribution in [0.15, 0.2) is 42.5 Å². The van der Waals surface area contributed by atoms with Crippen molar-refractivity contribution in [3.05, 3.63) is 58.6 Å². The molecule has 0 radical (unpaired) electrons. The maximum Gasteiger partial charge on any atom is 0.148 e. The second-order valence-corrected chi connectivity index (χ2v) is 5.55. The molecule has 0 saturated heterocycles. The molecule has 0 unspecified atom stereocenters. The number of aryl methyl sites for hydroxylation is 2. The maximum atomic E-state index is 5.95. The summed E-state index contributed by atoms with van der Waals surface area (Å²) in [5, 5.41) is 1.81. The zero-order valence-corrected chi connectivity index (χ0v) is 12.7. The Morgan fingerprint density at radius 1 is 1.05 bits per heavy atom. The predicted molar refractivity (Wildman–Crippen MR) is 89.5 cm³/mol. The fraction of sp³-hybridized carbons (Fsp3) is 0.118. The molecule has 21 heavy (non-hydrogen) atoms. The van der Waals surface area contributed by atoms with Crippen molar-refractivity contribution in [1.29, 1.82) is 0 Å². The zero-order chi connectivity index (χ0) is 15.0. The largest absolute Gasteiger partial charge is 0.308 e. The minimum atomic E-state index is 0.665. The van der Waals surface area contributed by atoms with Gasteiger partial charge in [-0.2, -0.15) is 0 Å². The second-order valence-electron chi connectivity index (χ2n) is 5.11. The Balaban J connectivity index is 2.27. The topological polar surface area (TPSA) is 50.9 Å². The van der Waals surface area contributed by atoms with E-state index in [4.69, 9.17) is 17.4 Å². The molecule has 3 aromatic rings. The maximum absolute atomic E-state index is 5.95. The van der Waals surface area contributed by atoms with E-state index in [1.54, 1.807) is 0 Å². The van der Waals surface area contributed by atoms with Crippen LogP contribution in [0.4, 0.5) is 5.82 Å². The summed E-state index contributed by atoms with van der Waals surface area (Å²) in [4.78, 5) is 4.68. The lowest BCUT2D eigenvalue weighted by molar-refractivity contribution is 1.24. The molecule has 0 aliphatic rings. The number of nitrogen functional groups attached to an aromatic ring is 1. The van der Waals surface area contributed by atoms with Crippen molar-refractivity contribution in [3.8, 4) is 11.1 Å². The Bertz CT molecular complexity index is 810. The molecular weight excluding hydrogens is 282 g/mol. The predicted octanol–water partition coefficient (Wildman–Crippen LogP) is 4.46. The van der Waals surface area contributed by atoms with Crippen molar-refractivity contribution in [2.45, 2.75) is 13.8 Å². The number of nitrogens with zero attached hydrogens (tertiary/aromatic N) is 1. The summed E-state index contributed by atoms with van der Waals surface area (Å²) in [6.45, 7) is 4.16. The molecule has 106 valence electrons. The average Bonchev–Trinajstić information content (AvgIpc) is 2.51. The van der Waals surface area contributed by atoms with E-state index >= 15 is 0 Å². The van der Waals surface area contributed by atoms with E-state index in [-0.39, 0.29) is 0 Å². The monoisotopic (exact) mass is 297 g/mol. The molecule has 0 aliphatic heterocycles. The molecule has 3 N–H and O–H groups in total. The molecule has 3 nitrogen and oxygen atoms in total. The number of fused-ring (bicyclic) bond motifs is 1. The van der Waals surface area contributed by atoms with Crippen molar-refractivity contribution in [1.82, 2.24) is 4.98 Å². The molecule has 3 rings (SSSR count). The standard InChI is InChI=1S/C17H16ClN3/c1-10-3-4-13-9-15(12-5-7-14(18)8-6-12)17(21-19)20-16(13)11(10)2/h3-9H,19H2,1-2H3,(H,20,21). The van der Waals surface area contributed by atoms with Crippen LogP contribution in [0.25, 0.3) is 22.0 Å². The number of hydrogen-bond acceptors (Lipinski definition) is 3. The van der Waals surface area contributed by atoms with E-state index in [0.717, 1.165) is 22.0 Å². The van der Waals surface area contributed by atoms with E-state index in [9.17, 15) is 0 Å².